The van der Waals surface area contributed by atoms with E-state index in [1.165, 1.54) is 12.8 Å². The Bertz CT molecular complexity index is 144. The van der Waals surface area contributed by atoms with Gasteiger partial charge in [-0.1, -0.05) is 13.8 Å². The van der Waals surface area contributed by atoms with E-state index in [0.29, 0.717) is 18.4 Å². The van der Waals surface area contributed by atoms with E-state index in [9.17, 15) is 4.79 Å². The Morgan fingerprint density at radius 3 is 2.64 bits per heavy atom. The molecule has 2 unspecified atom stereocenters. The van der Waals surface area contributed by atoms with Crippen LogP contribution in [-0.4, -0.2) is 11.9 Å². The Kier molecular flexibility index (Phi) is 2.92. The molecular weight excluding hydrogens is 138 g/mol. The van der Waals surface area contributed by atoms with Crippen molar-refractivity contribution in [1.82, 2.24) is 5.32 Å². The summed E-state index contributed by atoms with van der Waals surface area (Å²) in [5.74, 6) is 0.930. The summed E-state index contributed by atoms with van der Waals surface area (Å²) in [7, 11) is 0. The molecule has 1 amide bonds. The van der Waals surface area contributed by atoms with E-state index in [1.807, 2.05) is 6.92 Å². The van der Waals surface area contributed by atoms with Gasteiger partial charge in [0, 0.05) is 12.5 Å². The molecule has 1 aliphatic carbocycles. The van der Waals surface area contributed by atoms with Gasteiger partial charge in [-0.3, -0.25) is 4.79 Å². The van der Waals surface area contributed by atoms with E-state index in [0.717, 1.165) is 6.42 Å². The number of amides is 1. The van der Waals surface area contributed by atoms with Gasteiger partial charge in [0.25, 0.3) is 0 Å². The summed E-state index contributed by atoms with van der Waals surface area (Å²) in [6.07, 6.45) is 4.09. The van der Waals surface area contributed by atoms with Crippen molar-refractivity contribution in [3.63, 3.8) is 0 Å². The monoisotopic (exact) mass is 155 g/mol. The highest BCUT2D eigenvalue weighted by molar-refractivity contribution is 5.76. The second kappa shape index (κ2) is 3.74. The SMILES string of the molecule is CCCC(=O)NC1CCC1C. The molecule has 64 valence electrons. The van der Waals surface area contributed by atoms with E-state index < -0.39 is 0 Å². The first-order chi connectivity index (χ1) is 5.24. The van der Waals surface area contributed by atoms with Crippen LogP contribution in [0, 0.1) is 5.92 Å². The van der Waals surface area contributed by atoms with E-state index in [2.05, 4.69) is 12.2 Å². The highest BCUT2D eigenvalue weighted by Crippen LogP contribution is 2.26. The Balaban J connectivity index is 2.14. The molecule has 2 nitrogen and oxygen atoms in total. The van der Waals surface area contributed by atoms with Gasteiger partial charge in [0.05, 0.1) is 0 Å². The quantitative estimate of drug-likeness (QED) is 0.660. The second-order valence-corrected chi connectivity index (χ2v) is 3.48. The minimum Gasteiger partial charge on any atom is -0.353 e. The third-order valence-electron chi connectivity index (χ3n) is 2.44. The average molecular weight is 155 g/mol. The Labute approximate surface area is 68.4 Å². The number of carbonyl (C=O) groups is 1. The maximum absolute atomic E-state index is 11.1. The summed E-state index contributed by atoms with van der Waals surface area (Å²) >= 11 is 0. The Morgan fingerprint density at radius 1 is 1.55 bits per heavy atom. The molecule has 1 N–H and O–H groups in total. The van der Waals surface area contributed by atoms with E-state index in [-0.39, 0.29) is 5.91 Å². The predicted octanol–water partition coefficient (Wildman–Crippen LogP) is 1.70. The van der Waals surface area contributed by atoms with Gasteiger partial charge < -0.3 is 5.32 Å². The van der Waals surface area contributed by atoms with Crippen LogP contribution in [0.1, 0.15) is 39.5 Å². The summed E-state index contributed by atoms with van der Waals surface area (Å²) in [6, 6.07) is 0.481. The fraction of sp³-hybridized carbons (Fsp3) is 0.889. The van der Waals surface area contributed by atoms with Crippen LogP contribution >= 0.6 is 0 Å². The molecule has 1 fully saturated rings. The van der Waals surface area contributed by atoms with Crippen LogP contribution in [0.2, 0.25) is 0 Å². The highest BCUT2D eigenvalue weighted by Gasteiger charge is 2.27. The summed E-state index contributed by atoms with van der Waals surface area (Å²) < 4.78 is 0. The number of nitrogens with one attached hydrogen (secondary N) is 1. The summed E-state index contributed by atoms with van der Waals surface area (Å²) in [6.45, 7) is 4.23. The minimum absolute atomic E-state index is 0.226. The van der Waals surface area contributed by atoms with Crippen molar-refractivity contribution >= 4 is 5.91 Å². The van der Waals surface area contributed by atoms with Crippen molar-refractivity contribution in [3.05, 3.63) is 0 Å². The largest absolute Gasteiger partial charge is 0.353 e. The average Bonchev–Trinajstić information content (AvgIpc) is 1.98. The van der Waals surface area contributed by atoms with E-state index in [4.69, 9.17) is 0 Å². The molecular formula is C9H17NO. The van der Waals surface area contributed by atoms with Gasteiger partial charge in [-0.2, -0.15) is 0 Å². The van der Waals surface area contributed by atoms with Gasteiger partial charge in [0.15, 0.2) is 0 Å². The topological polar surface area (TPSA) is 29.1 Å². The third kappa shape index (κ3) is 2.21. The molecule has 1 rings (SSSR count). The molecule has 0 aromatic rings. The Hall–Kier alpha value is -0.530. The zero-order chi connectivity index (χ0) is 8.27. The lowest BCUT2D eigenvalue weighted by Crippen LogP contribution is -2.45. The molecule has 0 aliphatic heterocycles. The fourth-order valence-corrected chi connectivity index (χ4v) is 1.39. The van der Waals surface area contributed by atoms with Gasteiger partial charge in [-0.05, 0) is 25.2 Å². The Morgan fingerprint density at radius 2 is 2.27 bits per heavy atom. The maximum Gasteiger partial charge on any atom is 0.220 e. The van der Waals surface area contributed by atoms with Crippen LogP contribution in [0.15, 0.2) is 0 Å². The second-order valence-electron chi connectivity index (χ2n) is 3.48. The lowest BCUT2D eigenvalue weighted by Gasteiger charge is -2.34. The number of rotatable bonds is 3. The zero-order valence-electron chi connectivity index (χ0n) is 7.39. The van der Waals surface area contributed by atoms with Crippen molar-refractivity contribution in [2.75, 3.05) is 0 Å². The molecule has 0 spiro atoms. The van der Waals surface area contributed by atoms with Gasteiger partial charge in [0.2, 0.25) is 5.91 Å². The first kappa shape index (κ1) is 8.57. The predicted molar refractivity (Wildman–Crippen MR) is 45.2 cm³/mol. The molecule has 1 saturated carbocycles. The molecule has 0 bridgehead atoms. The summed E-state index contributed by atoms with van der Waals surface area (Å²) in [5, 5.41) is 3.03. The molecule has 2 heteroatoms. The molecule has 0 radical (unpaired) electrons. The fourth-order valence-electron chi connectivity index (χ4n) is 1.39. The van der Waals surface area contributed by atoms with Crippen molar-refractivity contribution in [2.45, 2.75) is 45.6 Å². The molecule has 0 saturated heterocycles. The first-order valence-electron chi connectivity index (χ1n) is 4.53. The van der Waals surface area contributed by atoms with Crippen LogP contribution in [0.5, 0.6) is 0 Å². The molecule has 0 heterocycles. The van der Waals surface area contributed by atoms with Gasteiger partial charge in [0.1, 0.15) is 0 Å². The molecule has 2 atom stereocenters. The zero-order valence-corrected chi connectivity index (χ0v) is 7.39. The summed E-state index contributed by atoms with van der Waals surface area (Å²) in [4.78, 5) is 11.1. The van der Waals surface area contributed by atoms with Crippen LogP contribution in [0.4, 0.5) is 0 Å². The number of carbonyl (C=O) groups excluding carboxylic acids is 1. The molecule has 1 aliphatic rings. The van der Waals surface area contributed by atoms with Crippen molar-refractivity contribution < 1.29 is 4.79 Å². The van der Waals surface area contributed by atoms with Crippen molar-refractivity contribution in [3.8, 4) is 0 Å². The lowest BCUT2D eigenvalue weighted by atomic mass is 9.81. The molecule has 11 heavy (non-hydrogen) atoms. The highest BCUT2D eigenvalue weighted by atomic mass is 16.1. The van der Waals surface area contributed by atoms with Gasteiger partial charge >= 0.3 is 0 Å². The van der Waals surface area contributed by atoms with Gasteiger partial charge in [-0.25, -0.2) is 0 Å². The number of hydrogen-bond donors (Lipinski definition) is 1. The van der Waals surface area contributed by atoms with Crippen LogP contribution < -0.4 is 5.32 Å². The van der Waals surface area contributed by atoms with E-state index in [1.54, 1.807) is 0 Å². The molecule has 0 aromatic carbocycles. The van der Waals surface area contributed by atoms with Gasteiger partial charge in [-0.15, -0.1) is 0 Å². The van der Waals surface area contributed by atoms with Crippen LogP contribution in [0.3, 0.4) is 0 Å². The summed E-state index contributed by atoms with van der Waals surface area (Å²) in [5.41, 5.74) is 0. The maximum atomic E-state index is 11.1. The standard InChI is InChI=1S/C9H17NO/c1-3-4-9(11)10-8-6-5-7(8)2/h7-8H,3-6H2,1-2H3,(H,10,11). The molecule has 0 aromatic heterocycles. The minimum atomic E-state index is 0.226. The smallest absolute Gasteiger partial charge is 0.220 e. The van der Waals surface area contributed by atoms with Crippen LogP contribution in [-0.2, 0) is 4.79 Å². The van der Waals surface area contributed by atoms with E-state index >= 15 is 0 Å². The number of hydrogen-bond acceptors (Lipinski definition) is 1. The van der Waals surface area contributed by atoms with Crippen LogP contribution in [0.25, 0.3) is 0 Å². The lowest BCUT2D eigenvalue weighted by molar-refractivity contribution is -0.122. The first-order valence-corrected chi connectivity index (χ1v) is 4.53. The normalized spacial score (nSPS) is 29.3. The third-order valence-corrected chi connectivity index (χ3v) is 2.44. The van der Waals surface area contributed by atoms with Crippen molar-refractivity contribution in [2.24, 2.45) is 5.92 Å². The van der Waals surface area contributed by atoms with Crippen molar-refractivity contribution in [1.29, 1.82) is 0 Å².